The van der Waals surface area contributed by atoms with Crippen molar-refractivity contribution in [2.45, 2.75) is 26.5 Å². The van der Waals surface area contributed by atoms with E-state index in [9.17, 15) is 4.79 Å². The fourth-order valence-corrected chi connectivity index (χ4v) is 2.45. The molecule has 0 spiro atoms. The van der Waals surface area contributed by atoms with Gasteiger partial charge < -0.3 is 10.1 Å². The summed E-state index contributed by atoms with van der Waals surface area (Å²) in [6.45, 7) is 4.26. The van der Waals surface area contributed by atoms with Gasteiger partial charge in [0.25, 0.3) is 0 Å². The molecule has 0 aliphatic carbocycles. The zero-order chi connectivity index (χ0) is 14.5. The monoisotopic (exact) mass is 310 g/mol. The van der Waals surface area contributed by atoms with Crippen molar-refractivity contribution in [3.63, 3.8) is 0 Å². The lowest BCUT2D eigenvalue weighted by atomic mass is 10.2. The molecule has 0 atom stereocenters. The van der Waals surface area contributed by atoms with E-state index in [4.69, 9.17) is 16.3 Å². The average molecular weight is 311 g/mol. The van der Waals surface area contributed by atoms with E-state index in [1.807, 2.05) is 26.0 Å². The van der Waals surface area contributed by atoms with Crippen LogP contribution in [0.3, 0.4) is 0 Å². The number of esters is 1. The highest BCUT2D eigenvalue weighted by atomic mass is 35.5. The number of halogens is 1. The fourth-order valence-electron chi connectivity index (χ4n) is 1.55. The normalized spacial score (nSPS) is 10.6. The Kier molecular flexibility index (Phi) is 4.98. The minimum Gasteiger partial charge on any atom is -0.459 e. The van der Waals surface area contributed by atoms with Crippen molar-refractivity contribution in [2.24, 2.45) is 0 Å². The van der Waals surface area contributed by atoms with E-state index < -0.39 is 0 Å². The summed E-state index contributed by atoms with van der Waals surface area (Å²) in [4.78, 5) is 15.8. The van der Waals surface area contributed by atoms with Gasteiger partial charge in [0.15, 0.2) is 0 Å². The van der Waals surface area contributed by atoms with Crippen molar-refractivity contribution < 1.29 is 9.53 Å². The molecule has 106 valence electrons. The zero-order valence-electron chi connectivity index (χ0n) is 11.2. The number of rotatable bonds is 5. The minimum absolute atomic E-state index is 0.116. The second-order valence-electron chi connectivity index (χ2n) is 4.44. The molecule has 4 nitrogen and oxygen atoms in total. The van der Waals surface area contributed by atoms with Gasteiger partial charge in [-0.3, -0.25) is 0 Å². The minimum atomic E-state index is -0.307. The molecule has 0 unspecified atom stereocenters. The van der Waals surface area contributed by atoms with Crippen LogP contribution in [0.2, 0.25) is 4.34 Å². The number of nitrogens with zero attached hydrogens (tertiary/aromatic N) is 1. The van der Waals surface area contributed by atoms with Gasteiger partial charge in [0, 0.05) is 5.69 Å². The maximum Gasteiger partial charge on any atom is 0.338 e. The summed E-state index contributed by atoms with van der Waals surface area (Å²) >= 11 is 7.26. The van der Waals surface area contributed by atoms with Gasteiger partial charge in [-0.2, -0.15) is 0 Å². The SMILES string of the molecule is CC(C)OC(=O)c1ccc(NCc2ncc(Cl)s2)cc1. The molecule has 2 aromatic rings. The smallest absolute Gasteiger partial charge is 0.338 e. The number of benzene rings is 1. The second kappa shape index (κ2) is 6.72. The number of thiazole rings is 1. The number of aromatic nitrogens is 1. The van der Waals surface area contributed by atoms with Gasteiger partial charge in [0.2, 0.25) is 0 Å². The van der Waals surface area contributed by atoms with E-state index in [1.54, 1.807) is 18.3 Å². The first-order valence-corrected chi connectivity index (χ1v) is 7.39. The molecule has 0 saturated heterocycles. The standard InChI is InChI=1S/C14H15ClN2O2S/c1-9(2)19-14(18)10-3-5-11(6-4-10)16-8-13-17-7-12(15)20-13/h3-7,9,16H,8H2,1-2H3. The number of nitrogens with one attached hydrogen (secondary N) is 1. The van der Waals surface area contributed by atoms with E-state index in [2.05, 4.69) is 10.3 Å². The lowest BCUT2D eigenvalue weighted by molar-refractivity contribution is 0.0378. The predicted octanol–water partition coefficient (Wildman–Crippen LogP) is 3.97. The van der Waals surface area contributed by atoms with Crippen molar-refractivity contribution in [3.05, 3.63) is 45.4 Å². The van der Waals surface area contributed by atoms with Crippen LogP contribution in [0, 0.1) is 0 Å². The highest BCUT2D eigenvalue weighted by Gasteiger charge is 2.08. The summed E-state index contributed by atoms with van der Waals surface area (Å²) in [5.41, 5.74) is 1.46. The first-order chi connectivity index (χ1) is 9.54. The lowest BCUT2D eigenvalue weighted by Gasteiger charge is -2.09. The van der Waals surface area contributed by atoms with E-state index in [0.717, 1.165) is 10.7 Å². The van der Waals surface area contributed by atoms with Crippen molar-refractivity contribution in [3.8, 4) is 0 Å². The van der Waals surface area contributed by atoms with Gasteiger partial charge in [0.1, 0.15) is 9.34 Å². The molecule has 1 aromatic carbocycles. The summed E-state index contributed by atoms with van der Waals surface area (Å²) < 4.78 is 5.80. The van der Waals surface area contributed by atoms with Crippen LogP contribution in [0.15, 0.2) is 30.5 Å². The number of anilines is 1. The van der Waals surface area contributed by atoms with Crippen LogP contribution in [-0.2, 0) is 11.3 Å². The van der Waals surface area contributed by atoms with Gasteiger partial charge in [-0.05, 0) is 38.1 Å². The molecule has 0 amide bonds. The maximum absolute atomic E-state index is 11.7. The van der Waals surface area contributed by atoms with Crippen molar-refractivity contribution in [1.82, 2.24) is 4.98 Å². The first-order valence-electron chi connectivity index (χ1n) is 6.19. The van der Waals surface area contributed by atoms with Gasteiger partial charge in [-0.1, -0.05) is 11.6 Å². The zero-order valence-corrected chi connectivity index (χ0v) is 12.8. The average Bonchev–Trinajstić information content (AvgIpc) is 2.82. The molecule has 0 aliphatic rings. The molecule has 0 saturated carbocycles. The van der Waals surface area contributed by atoms with Gasteiger partial charge in [0.05, 0.1) is 24.4 Å². The molecule has 20 heavy (non-hydrogen) atoms. The van der Waals surface area contributed by atoms with Crippen molar-refractivity contribution >= 4 is 34.6 Å². The maximum atomic E-state index is 11.7. The quantitative estimate of drug-likeness (QED) is 0.849. The number of carbonyl (C=O) groups is 1. The summed E-state index contributed by atoms with van der Waals surface area (Å²) in [6.07, 6.45) is 1.52. The Balaban J connectivity index is 1.93. The molecule has 2 rings (SSSR count). The molecule has 6 heteroatoms. The number of ether oxygens (including phenoxy) is 1. The highest BCUT2D eigenvalue weighted by molar-refractivity contribution is 7.15. The summed E-state index contributed by atoms with van der Waals surface area (Å²) in [5.74, 6) is -0.307. The molecule has 0 aliphatic heterocycles. The number of hydrogen-bond acceptors (Lipinski definition) is 5. The summed E-state index contributed by atoms with van der Waals surface area (Å²) in [5, 5.41) is 4.13. The van der Waals surface area contributed by atoms with Crippen LogP contribution in [0.25, 0.3) is 0 Å². The summed E-state index contributed by atoms with van der Waals surface area (Å²) in [6, 6.07) is 7.15. The van der Waals surface area contributed by atoms with Crippen molar-refractivity contribution in [2.75, 3.05) is 5.32 Å². The van der Waals surface area contributed by atoms with E-state index in [0.29, 0.717) is 16.4 Å². The van der Waals surface area contributed by atoms with E-state index >= 15 is 0 Å². The third-order valence-electron chi connectivity index (χ3n) is 2.43. The topological polar surface area (TPSA) is 51.2 Å². The van der Waals surface area contributed by atoms with Crippen LogP contribution >= 0.6 is 22.9 Å². The van der Waals surface area contributed by atoms with E-state index in [-0.39, 0.29) is 12.1 Å². The third-order valence-corrected chi connectivity index (χ3v) is 3.55. The third kappa shape index (κ3) is 4.21. The molecule has 1 aromatic heterocycles. The number of carbonyl (C=O) groups excluding carboxylic acids is 1. The Morgan fingerprint density at radius 2 is 2.10 bits per heavy atom. The second-order valence-corrected chi connectivity index (χ2v) is 6.19. The molecular formula is C14H15ClN2O2S. The van der Waals surface area contributed by atoms with Crippen LogP contribution in [0.4, 0.5) is 5.69 Å². The Morgan fingerprint density at radius 3 is 2.65 bits per heavy atom. The van der Waals surface area contributed by atoms with Crippen molar-refractivity contribution in [1.29, 1.82) is 0 Å². The molecule has 0 bridgehead atoms. The Bertz CT molecular complexity index is 581. The first kappa shape index (κ1) is 14.8. The number of hydrogen-bond donors (Lipinski definition) is 1. The molecule has 1 heterocycles. The molecule has 0 fully saturated rings. The predicted molar refractivity (Wildman–Crippen MR) is 81.4 cm³/mol. The summed E-state index contributed by atoms with van der Waals surface area (Å²) in [7, 11) is 0. The van der Waals surface area contributed by atoms with Gasteiger partial charge >= 0.3 is 5.97 Å². The van der Waals surface area contributed by atoms with Crippen LogP contribution in [0.1, 0.15) is 29.2 Å². The fraction of sp³-hybridized carbons (Fsp3) is 0.286. The molecule has 0 radical (unpaired) electrons. The molecular weight excluding hydrogens is 296 g/mol. The van der Waals surface area contributed by atoms with Crippen LogP contribution in [-0.4, -0.2) is 17.1 Å². The largest absolute Gasteiger partial charge is 0.459 e. The van der Waals surface area contributed by atoms with Gasteiger partial charge in [-0.15, -0.1) is 11.3 Å². The van der Waals surface area contributed by atoms with E-state index in [1.165, 1.54) is 11.3 Å². The Morgan fingerprint density at radius 1 is 1.40 bits per heavy atom. The highest BCUT2D eigenvalue weighted by Crippen LogP contribution is 2.19. The van der Waals surface area contributed by atoms with Gasteiger partial charge in [-0.25, -0.2) is 9.78 Å². The molecule has 1 N–H and O–H groups in total. The Hall–Kier alpha value is -1.59. The van der Waals surface area contributed by atoms with Crippen LogP contribution < -0.4 is 5.32 Å². The Labute approximate surface area is 126 Å². The lowest BCUT2D eigenvalue weighted by Crippen LogP contribution is -2.11. The van der Waals surface area contributed by atoms with Crippen LogP contribution in [0.5, 0.6) is 0 Å².